The van der Waals surface area contributed by atoms with Crippen molar-refractivity contribution in [2.75, 3.05) is 6.54 Å². The van der Waals surface area contributed by atoms with E-state index in [9.17, 15) is 9.59 Å². The summed E-state index contributed by atoms with van der Waals surface area (Å²) in [5.41, 5.74) is 4.63. The Labute approximate surface area is 273 Å². The summed E-state index contributed by atoms with van der Waals surface area (Å²) in [5.74, 6) is 3.38. The third-order valence-corrected chi connectivity index (χ3v) is 9.64. The van der Waals surface area contributed by atoms with Crippen molar-refractivity contribution in [3.63, 3.8) is 0 Å². The van der Waals surface area contributed by atoms with Gasteiger partial charge in [0.1, 0.15) is 30.3 Å². The van der Waals surface area contributed by atoms with Gasteiger partial charge in [-0.05, 0) is 93.4 Å². The summed E-state index contributed by atoms with van der Waals surface area (Å²) >= 11 is 0. The highest BCUT2D eigenvalue weighted by Gasteiger charge is 2.35. The van der Waals surface area contributed by atoms with Crippen LogP contribution in [0.15, 0.2) is 30.3 Å². The molecule has 0 aromatic heterocycles. The van der Waals surface area contributed by atoms with Gasteiger partial charge in [0, 0.05) is 5.56 Å². The molecule has 2 aromatic carbocycles. The Morgan fingerprint density at radius 2 is 1.49 bits per heavy atom. The molecule has 45 heavy (non-hydrogen) atoms. The SMILES string of the molecule is Cc1c(C)c2c(c(C)c1OC(=O)CNC(=O)OCc1ccccc1)CCC(C)(CCCC(C)CCCC(C)CCCC(C)C)O2. The van der Waals surface area contributed by atoms with Crippen LogP contribution in [0.2, 0.25) is 0 Å². The van der Waals surface area contributed by atoms with Crippen LogP contribution in [0.4, 0.5) is 4.79 Å². The lowest BCUT2D eigenvalue weighted by Crippen LogP contribution is -2.37. The highest BCUT2D eigenvalue weighted by molar-refractivity contribution is 5.80. The monoisotopic (exact) mass is 621 g/mol. The van der Waals surface area contributed by atoms with Gasteiger partial charge in [0.05, 0.1) is 0 Å². The number of carbonyl (C=O) groups excluding carboxylic acids is 2. The maximum absolute atomic E-state index is 12.7. The van der Waals surface area contributed by atoms with Gasteiger partial charge in [0.15, 0.2) is 0 Å². The van der Waals surface area contributed by atoms with Crippen LogP contribution in [0.1, 0.15) is 127 Å². The number of fused-ring (bicyclic) bond motifs is 1. The van der Waals surface area contributed by atoms with E-state index in [0.717, 1.165) is 70.6 Å². The Kier molecular flexibility index (Phi) is 14.3. The molecule has 6 heteroatoms. The van der Waals surface area contributed by atoms with Gasteiger partial charge in [-0.2, -0.15) is 0 Å². The average Bonchev–Trinajstić information content (AvgIpc) is 3.00. The van der Waals surface area contributed by atoms with Crippen LogP contribution in [0, 0.1) is 38.5 Å². The minimum absolute atomic E-state index is 0.139. The third kappa shape index (κ3) is 11.7. The minimum atomic E-state index is -0.657. The Morgan fingerprint density at radius 3 is 2.13 bits per heavy atom. The second kappa shape index (κ2) is 17.6. The lowest BCUT2D eigenvalue weighted by atomic mass is 9.83. The lowest BCUT2D eigenvalue weighted by Gasteiger charge is -2.38. The van der Waals surface area contributed by atoms with Crippen LogP contribution in [0.25, 0.3) is 0 Å². The smallest absolute Gasteiger partial charge is 0.407 e. The van der Waals surface area contributed by atoms with Crippen molar-refractivity contribution in [2.24, 2.45) is 17.8 Å². The molecule has 0 saturated heterocycles. The van der Waals surface area contributed by atoms with Crippen molar-refractivity contribution in [2.45, 2.75) is 138 Å². The predicted octanol–water partition coefficient (Wildman–Crippen LogP) is 9.97. The van der Waals surface area contributed by atoms with Crippen LogP contribution < -0.4 is 14.8 Å². The van der Waals surface area contributed by atoms with Crippen molar-refractivity contribution in [3.8, 4) is 11.5 Å². The van der Waals surface area contributed by atoms with Gasteiger partial charge < -0.3 is 19.5 Å². The first-order valence-corrected chi connectivity index (χ1v) is 17.4. The van der Waals surface area contributed by atoms with Crippen molar-refractivity contribution in [1.82, 2.24) is 5.32 Å². The predicted molar refractivity (Wildman–Crippen MR) is 183 cm³/mol. The summed E-state index contributed by atoms with van der Waals surface area (Å²) in [5, 5.41) is 2.49. The molecule has 3 atom stereocenters. The van der Waals surface area contributed by atoms with Crippen molar-refractivity contribution < 1.29 is 23.8 Å². The second-order valence-corrected chi connectivity index (χ2v) is 14.3. The molecule has 2 aromatic rings. The Balaban J connectivity index is 1.46. The Bertz CT molecular complexity index is 1240. The zero-order valence-electron chi connectivity index (χ0n) is 29.4. The summed E-state index contributed by atoms with van der Waals surface area (Å²) in [7, 11) is 0. The Morgan fingerprint density at radius 1 is 0.867 bits per heavy atom. The number of hydrogen-bond acceptors (Lipinski definition) is 5. The number of benzene rings is 2. The largest absolute Gasteiger partial charge is 0.487 e. The number of hydrogen-bond donors (Lipinski definition) is 1. The molecule has 1 amide bonds. The number of alkyl carbamates (subject to hydrolysis) is 1. The molecule has 1 heterocycles. The van der Waals surface area contributed by atoms with Crippen LogP contribution in [-0.2, 0) is 22.6 Å². The van der Waals surface area contributed by atoms with E-state index in [-0.39, 0.29) is 18.8 Å². The first kappa shape index (κ1) is 36.4. The molecule has 0 aliphatic carbocycles. The van der Waals surface area contributed by atoms with Gasteiger partial charge in [-0.1, -0.05) is 103 Å². The number of ether oxygens (including phenoxy) is 3. The zero-order chi connectivity index (χ0) is 33.0. The molecule has 1 aliphatic rings. The lowest BCUT2D eigenvalue weighted by molar-refractivity contribution is -0.133. The van der Waals surface area contributed by atoms with E-state index in [2.05, 4.69) is 39.9 Å². The molecule has 0 spiro atoms. The van der Waals surface area contributed by atoms with Gasteiger partial charge in [0.25, 0.3) is 0 Å². The second-order valence-electron chi connectivity index (χ2n) is 14.3. The molecule has 0 fully saturated rings. The first-order valence-electron chi connectivity index (χ1n) is 17.4. The number of rotatable bonds is 17. The first-order chi connectivity index (χ1) is 21.4. The van der Waals surface area contributed by atoms with E-state index in [4.69, 9.17) is 14.2 Å². The fourth-order valence-electron chi connectivity index (χ4n) is 6.48. The number of nitrogens with one attached hydrogen (secondary N) is 1. The molecule has 0 bridgehead atoms. The van der Waals surface area contributed by atoms with Gasteiger partial charge in [-0.15, -0.1) is 0 Å². The van der Waals surface area contributed by atoms with E-state index >= 15 is 0 Å². The van der Waals surface area contributed by atoms with Gasteiger partial charge in [0.2, 0.25) is 0 Å². The molecule has 6 nitrogen and oxygen atoms in total. The average molecular weight is 622 g/mol. The molecule has 3 rings (SSSR count). The van der Waals surface area contributed by atoms with E-state index in [0.29, 0.717) is 5.75 Å². The van der Waals surface area contributed by atoms with Crippen LogP contribution >= 0.6 is 0 Å². The van der Waals surface area contributed by atoms with Gasteiger partial charge >= 0.3 is 12.1 Å². The highest BCUT2D eigenvalue weighted by atomic mass is 16.6. The van der Waals surface area contributed by atoms with Crippen molar-refractivity contribution in [1.29, 1.82) is 0 Å². The van der Waals surface area contributed by atoms with Crippen molar-refractivity contribution >= 4 is 12.1 Å². The Hall–Kier alpha value is -3.02. The number of esters is 1. The number of carbonyl (C=O) groups is 2. The van der Waals surface area contributed by atoms with E-state index < -0.39 is 12.1 Å². The molecule has 1 N–H and O–H groups in total. The van der Waals surface area contributed by atoms with Crippen LogP contribution in [0.3, 0.4) is 0 Å². The number of amides is 1. The van der Waals surface area contributed by atoms with Crippen LogP contribution in [0.5, 0.6) is 11.5 Å². The van der Waals surface area contributed by atoms with Gasteiger partial charge in [-0.25, -0.2) is 9.59 Å². The molecule has 250 valence electrons. The molecule has 0 radical (unpaired) electrons. The summed E-state index contributed by atoms with van der Waals surface area (Å²) < 4.78 is 17.7. The quantitative estimate of drug-likeness (QED) is 0.141. The van der Waals surface area contributed by atoms with E-state index in [1.54, 1.807) is 0 Å². The van der Waals surface area contributed by atoms with Gasteiger partial charge in [-0.3, -0.25) is 0 Å². The normalized spacial score (nSPS) is 17.3. The zero-order valence-corrected chi connectivity index (χ0v) is 29.4. The molecule has 1 aliphatic heterocycles. The topological polar surface area (TPSA) is 73.9 Å². The summed E-state index contributed by atoms with van der Waals surface area (Å²) in [6.45, 7) is 17.6. The highest BCUT2D eigenvalue weighted by Crippen LogP contribution is 2.45. The minimum Gasteiger partial charge on any atom is -0.487 e. The molecule has 3 unspecified atom stereocenters. The van der Waals surface area contributed by atoms with E-state index in [1.165, 1.54) is 51.4 Å². The summed E-state index contributed by atoms with van der Waals surface area (Å²) in [4.78, 5) is 24.8. The maximum atomic E-state index is 12.7. The molecular weight excluding hydrogens is 562 g/mol. The third-order valence-electron chi connectivity index (χ3n) is 9.64. The maximum Gasteiger partial charge on any atom is 0.407 e. The molecule has 0 saturated carbocycles. The summed E-state index contributed by atoms with van der Waals surface area (Å²) in [6.07, 6.45) is 12.7. The van der Waals surface area contributed by atoms with E-state index in [1.807, 2.05) is 51.1 Å². The summed E-state index contributed by atoms with van der Waals surface area (Å²) in [6, 6.07) is 9.41. The molecular formula is C39H59NO5. The van der Waals surface area contributed by atoms with Crippen LogP contribution in [-0.4, -0.2) is 24.2 Å². The fourth-order valence-corrected chi connectivity index (χ4v) is 6.48. The van der Waals surface area contributed by atoms with Crippen molar-refractivity contribution in [3.05, 3.63) is 58.1 Å². The standard InChI is InChI=1S/C39H59NO5/c1-27(2)15-12-16-28(3)17-13-18-29(4)19-14-23-39(8)24-22-34-32(7)36(30(5)31(6)37(34)45-39)44-35(41)25-40-38(42)43-26-33-20-10-9-11-21-33/h9-11,20-21,27-29H,12-19,22-26H2,1-8H3,(H,40,42). The fraction of sp³-hybridized carbons (Fsp3) is 0.641.